The maximum absolute atomic E-state index is 12.5. The van der Waals surface area contributed by atoms with E-state index in [1.165, 1.54) is 0 Å². The third kappa shape index (κ3) is 3.65. The van der Waals surface area contributed by atoms with Gasteiger partial charge in [-0.25, -0.2) is 0 Å². The van der Waals surface area contributed by atoms with E-state index in [2.05, 4.69) is 5.32 Å². The van der Waals surface area contributed by atoms with Crippen molar-refractivity contribution in [1.82, 2.24) is 5.32 Å². The maximum Gasteiger partial charge on any atom is 0.315 e. The average Bonchev–Trinajstić information content (AvgIpc) is 2.63. The summed E-state index contributed by atoms with van der Waals surface area (Å²) >= 11 is 0. The standard InChI is InChI=1S/C20H23NO3/c1-3-20(19(23)24,17-12-8-5-9-13-17)14-21-18(22)15(2)16-10-6-4-7-11-16/h4-13,15H,3,14H2,1-2H3,(H,21,22)(H,23,24)/t15-,20?/m0/s1. The fourth-order valence-electron chi connectivity index (χ4n) is 2.82. The van der Waals surface area contributed by atoms with Gasteiger partial charge in [-0.3, -0.25) is 9.59 Å². The highest BCUT2D eigenvalue weighted by Gasteiger charge is 2.39. The van der Waals surface area contributed by atoms with Crippen LogP contribution in [-0.2, 0) is 15.0 Å². The minimum atomic E-state index is -1.12. The molecule has 0 heterocycles. The summed E-state index contributed by atoms with van der Waals surface area (Å²) in [5.41, 5.74) is 0.493. The highest BCUT2D eigenvalue weighted by atomic mass is 16.4. The number of rotatable bonds is 7. The third-order valence-electron chi connectivity index (χ3n) is 4.60. The first kappa shape index (κ1) is 17.7. The molecule has 1 unspecified atom stereocenters. The molecule has 4 heteroatoms. The maximum atomic E-state index is 12.5. The Kier molecular flexibility index (Phi) is 5.74. The van der Waals surface area contributed by atoms with Crippen LogP contribution in [0.15, 0.2) is 60.7 Å². The lowest BCUT2D eigenvalue weighted by Crippen LogP contribution is -2.47. The van der Waals surface area contributed by atoms with Gasteiger partial charge in [-0.15, -0.1) is 0 Å². The van der Waals surface area contributed by atoms with Crippen molar-refractivity contribution in [2.45, 2.75) is 31.6 Å². The van der Waals surface area contributed by atoms with Gasteiger partial charge in [0.25, 0.3) is 0 Å². The lowest BCUT2D eigenvalue weighted by atomic mass is 9.78. The number of amides is 1. The molecule has 2 N–H and O–H groups in total. The van der Waals surface area contributed by atoms with E-state index in [9.17, 15) is 14.7 Å². The molecule has 0 radical (unpaired) electrons. The summed E-state index contributed by atoms with van der Waals surface area (Å²) in [4.78, 5) is 24.4. The number of carboxylic acids is 1. The molecule has 4 nitrogen and oxygen atoms in total. The van der Waals surface area contributed by atoms with E-state index in [0.717, 1.165) is 5.56 Å². The molecule has 0 fully saturated rings. The van der Waals surface area contributed by atoms with Crippen LogP contribution in [0.3, 0.4) is 0 Å². The van der Waals surface area contributed by atoms with Gasteiger partial charge >= 0.3 is 5.97 Å². The SMILES string of the molecule is CCC(CNC(=O)[C@@H](C)c1ccccc1)(C(=O)O)c1ccccc1. The zero-order valence-corrected chi connectivity index (χ0v) is 14.0. The zero-order chi connectivity index (χ0) is 17.6. The molecule has 126 valence electrons. The Morgan fingerprint density at radius 1 is 1.04 bits per heavy atom. The lowest BCUT2D eigenvalue weighted by Gasteiger charge is -2.29. The first-order valence-electron chi connectivity index (χ1n) is 8.13. The number of carbonyl (C=O) groups excluding carboxylic acids is 1. The molecule has 0 saturated heterocycles. The molecule has 0 aliphatic heterocycles. The van der Waals surface area contributed by atoms with E-state index in [0.29, 0.717) is 12.0 Å². The molecule has 0 aliphatic carbocycles. The molecular formula is C20H23NO3. The Morgan fingerprint density at radius 2 is 1.58 bits per heavy atom. The van der Waals surface area contributed by atoms with Crippen LogP contribution in [0.25, 0.3) is 0 Å². The number of hydrogen-bond donors (Lipinski definition) is 2. The Labute approximate surface area is 142 Å². The van der Waals surface area contributed by atoms with Gasteiger partial charge in [0, 0.05) is 6.54 Å². The summed E-state index contributed by atoms with van der Waals surface area (Å²) in [5, 5.41) is 12.6. The van der Waals surface area contributed by atoms with Gasteiger partial charge in [0.05, 0.1) is 5.92 Å². The van der Waals surface area contributed by atoms with Crippen molar-refractivity contribution in [3.8, 4) is 0 Å². The number of aliphatic carboxylic acids is 1. The topological polar surface area (TPSA) is 66.4 Å². The molecule has 2 aromatic rings. The minimum absolute atomic E-state index is 0.0683. The molecule has 2 aromatic carbocycles. The second-order valence-corrected chi connectivity index (χ2v) is 5.96. The van der Waals surface area contributed by atoms with Crippen LogP contribution in [0.4, 0.5) is 0 Å². The van der Waals surface area contributed by atoms with Crippen molar-refractivity contribution >= 4 is 11.9 Å². The molecular weight excluding hydrogens is 302 g/mol. The number of carbonyl (C=O) groups is 2. The van der Waals surface area contributed by atoms with Gasteiger partial charge in [-0.05, 0) is 24.5 Å². The molecule has 0 spiro atoms. The monoisotopic (exact) mass is 325 g/mol. The van der Waals surface area contributed by atoms with E-state index in [4.69, 9.17) is 0 Å². The number of carboxylic acid groups (broad SMARTS) is 1. The van der Waals surface area contributed by atoms with Crippen molar-refractivity contribution < 1.29 is 14.7 Å². The van der Waals surface area contributed by atoms with Gasteiger partial charge in [0.2, 0.25) is 5.91 Å². The Bertz CT molecular complexity index is 685. The molecule has 0 aliphatic rings. The fourth-order valence-corrected chi connectivity index (χ4v) is 2.82. The van der Waals surface area contributed by atoms with Crippen molar-refractivity contribution in [3.05, 3.63) is 71.8 Å². The van der Waals surface area contributed by atoms with Gasteiger partial charge < -0.3 is 10.4 Å². The Balaban J connectivity index is 2.17. The molecule has 1 amide bonds. The largest absolute Gasteiger partial charge is 0.481 e. The zero-order valence-electron chi connectivity index (χ0n) is 14.0. The van der Waals surface area contributed by atoms with Crippen molar-refractivity contribution in [2.24, 2.45) is 0 Å². The number of benzene rings is 2. The molecule has 0 aromatic heterocycles. The summed E-state index contributed by atoms with van der Waals surface area (Å²) < 4.78 is 0. The van der Waals surface area contributed by atoms with Gasteiger partial charge in [-0.1, -0.05) is 67.6 Å². The second-order valence-electron chi connectivity index (χ2n) is 5.96. The quantitative estimate of drug-likeness (QED) is 0.820. The van der Waals surface area contributed by atoms with Crippen molar-refractivity contribution in [3.63, 3.8) is 0 Å². The van der Waals surface area contributed by atoms with Crippen molar-refractivity contribution in [2.75, 3.05) is 6.54 Å². The predicted octanol–water partition coefficient (Wildman–Crippen LogP) is 3.34. The van der Waals surface area contributed by atoms with Crippen LogP contribution in [0, 0.1) is 0 Å². The highest BCUT2D eigenvalue weighted by Crippen LogP contribution is 2.28. The van der Waals surface area contributed by atoms with Gasteiger partial charge in [0.1, 0.15) is 5.41 Å². The summed E-state index contributed by atoms with van der Waals surface area (Å²) in [6.07, 6.45) is 0.395. The summed E-state index contributed by atoms with van der Waals surface area (Å²) in [7, 11) is 0. The van der Waals surface area contributed by atoms with Crippen LogP contribution in [0.2, 0.25) is 0 Å². The van der Waals surface area contributed by atoms with Gasteiger partial charge in [0.15, 0.2) is 0 Å². The van der Waals surface area contributed by atoms with E-state index in [1.54, 1.807) is 12.1 Å². The predicted molar refractivity (Wildman–Crippen MR) is 93.9 cm³/mol. The molecule has 2 atom stereocenters. The average molecular weight is 325 g/mol. The smallest absolute Gasteiger partial charge is 0.315 e. The first-order valence-corrected chi connectivity index (χ1v) is 8.13. The molecule has 0 saturated carbocycles. The third-order valence-corrected chi connectivity index (χ3v) is 4.60. The lowest BCUT2D eigenvalue weighted by molar-refractivity contribution is -0.144. The molecule has 0 bridgehead atoms. The van der Waals surface area contributed by atoms with E-state index in [1.807, 2.05) is 62.4 Å². The first-order chi connectivity index (χ1) is 11.5. The van der Waals surface area contributed by atoms with E-state index in [-0.39, 0.29) is 18.4 Å². The van der Waals surface area contributed by atoms with Crippen LogP contribution < -0.4 is 5.32 Å². The minimum Gasteiger partial charge on any atom is -0.481 e. The van der Waals surface area contributed by atoms with Crippen LogP contribution in [0.1, 0.15) is 37.3 Å². The number of hydrogen-bond acceptors (Lipinski definition) is 2. The number of nitrogens with one attached hydrogen (secondary N) is 1. The van der Waals surface area contributed by atoms with Gasteiger partial charge in [-0.2, -0.15) is 0 Å². The van der Waals surface area contributed by atoms with Crippen molar-refractivity contribution in [1.29, 1.82) is 0 Å². The Hall–Kier alpha value is -2.62. The van der Waals surface area contributed by atoms with Crippen LogP contribution >= 0.6 is 0 Å². The normalized spacial score (nSPS) is 14.4. The highest BCUT2D eigenvalue weighted by molar-refractivity contribution is 5.86. The second kappa shape index (κ2) is 7.77. The fraction of sp³-hybridized carbons (Fsp3) is 0.300. The summed E-state index contributed by atoms with van der Waals surface area (Å²) in [5.74, 6) is -1.43. The molecule has 2 rings (SSSR count). The van der Waals surface area contributed by atoms with E-state index < -0.39 is 11.4 Å². The van der Waals surface area contributed by atoms with E-state index >= 15 is 0 Å². The summed E-state index contributed by atoms with van der Waals surface area (Å²) in [6, 6.07) is 18.5. The summed E-state index contributed by atoms with van der Waals surface area (Å²) in [6.45, 7) is 3.72. The van der Waals surface area contributed by atoms with Crippen LogP contribution in [-0.4, -0.2) is 23.5 Å². The Morgan fingerprint density at radius 3 is 2.08 bits per heavy atom. The van der Waals surface area contributed by atoms with Crippen LogP contribution in [0.5, 0.6) is 0 Å². The molecule has 24 heavy (non-hydrogen) atoms.